The molecular weight excluding hydrogens is 170 g/mol. The monoisotopic (exact) mass is 189 g/mol. The van der Waals surface area contributed by atoms with E-state index < -0.39 is 0 Å². The Balaban J connectivity index is 0.000000791. The van der Waals surface area contributed by atoms with Crippen molar-refractivity contribution in [3.05, 3.63) is 41.0 Å². The van der Waals surface area contributed by atoms with Crippen molar-refractivity contribution in [2.45, 2.75) is 27.2 Å². The van der Waals surface area contributed by atoms with E-state index in [1.165, 1.54) is 5.56 Å². The number of pyridine rings is 1. The lowest BCUT2D eigenvalue weighted by Gasteiger charge is -1.96. The maximum atomic E-state index is 4.12. The van der Waals surface area contributed by atoms with Crippen LogP contribution in [0.25, 0.3) is 12.7 Å². The van der Waals surface area contributed by atoms with E-state index in [0.717, 1.165) is 17.0 Å². The number of allylic oxidation sites excluding steroid dienone is 1. The molecule has 1 aromatic rings. The van der Waals surface area contributed by atoms with Crippen molar-refractivity contribution in [3.63, 3.8) is 0 Å². The van der Waals surface area contributed by atoms with E-state index in [1.807, 2.05) is 26.0 Å². The molecule has 1 heteroatoms. The molecule has 1 aromatic heterocycles. The molecule has 0 aliphatic carbocycles. The third kappa shape index (κ3) is 3.17. The molecule has 76 valence electrons. The maximum Gasteiger partial charge on any atom is 0.0632 e. The Kier molecular flexibility index (Phi) is 6.38. The third-order valence-electron chi connectivity index (χ3n) is 1.83. The highest BCUT2D eigenvalue weighted by molar-refractivity contribution is 5.38. The fraction of sp³-hybridized carbons (Fsp3) is 0.308. The fourth-order valence-corrected chi connectivity index (χ4v) is 1.19. The van der Waals surface area contributed by atoms with Gasteiger partial charge in [0, 0.05) is 11.4 Å². The second-order valence-electron chi connectivity index (χ2n) is 2.59. The fourth-order valence-electron chi connectivity index (χ4n) is 1.19. The highest BCUT2D eigenvalue weighted by Gasteiger charge is 1.91. The number of hydrogen-bond donors (Lipinski definition) is 0. The molecule has 0 unspecified atom stereocenters. The van der Waals surface area contributed by atoms with E-state index in [2.05, 4.69) is 25.1 Å². The molecule has 1 rings (SSSR count). The van der Waals surface area contributed by atoms with Crippen LogP contribution >= 0.6 is 0 Å². The summed E-state index contributed by atoms with van der Waals surface area (Å²) in [5, 5.41) is 1.93. The van der Waals surface area contributed by atoms with Gasteiger partial charge in [-0.05, 0) is 18.1 Å². The quantitative estimate of drug-likeness (QED) is 0.694. The second-order valence-corrected chi connectivity index (χ2v) is 2.59. The summed E-state index contributed by atoms with van der Waals surface area (Å²) in [4.78, 5) is 4.12. The zero-order valence-electron chi connectivity index (χ0n) is 9.38. The van der Waals surface area contributed by atoms with Gasteiger partial charge in [-0.15, -0.1) is 0 Å². The Morgan fingerprint density at radius 3 is 2.57 bits per heavy atom. The van der Waals surface area contributed by atoms with Crippen LogP contribution in [0.4, 0.5) is 0 Å². The molecular formula is C13H19N. The van der Waals surface area contributed by atoms with Gasteiger partial charge in [0.2, 0.25) is 0 Å². The lowest BCUT2D eigenvalue weighted by atomic mass is 10.1. The van der Waals surface area contributed by atoms with Gasteiger partial charge < -0.3 is 0 Å². The summed E-state index contributed by atoms with van der Waals surface area (Å²) in [6.07, 6.45) is 6.52. The van der Waals surface area contributed by atoms with Crippen LogP contribution in [0.5, 0.6) is 0 Å². The van der Waals surface area contributed by atoms with Crippen molar-refractivity contribution in [3.8, 4) is 0 Å². The van der Waals surface area contributed by atoms with Crippen molar-refractivity contribution in [2.75, 3.05) is 0 Å². The van der Waals surface area contributed by atoms with Crippen LogP contribution in [0.2, 0.25) is 0 Å². The van der Waals surface area contributed by atoms with Gasteiger partial charge in [-0.1, -0.05) is 46.1 Å². The minimum Gasteiger partial charge on any atom is -0.257 e. The van der Waals surface area contributed by atoms with Gasteiger partial charge in [0.25, 0.3) is 0 Å². The highest BCUT2D eigenvalue weighted by Crippen LogP contribution is 1.87. The van der Waals surface area contributed by atoms with Crippen molar-refractivity contribution in [1.29, 1.82) is 0 Å². The Morgan fingerprint density at radius 2 is 2.07 bits per heavy atom. The molecule has 0 bridgehead atoms. The van der Waals surface area contributed by atoms with E-state index in [9.17, 15) is 0 Å². The van der Waals surface area contributed by atoms with E-state index in [-0.39, 0.29) is 0 Å². The zero-order valence-corrected chi connectivity index (χ0v) is 9.38. The van der Waals surface area contributed by atoms with Crippen LogP contribution in [0, 0.1) is 0 Å². The molecule has 0 aliphatic heterocycles. The van der Waals surface area contributed by atoms with Crippen LogP contribution in [-0.4, -0.2) is 4.98 Å². The van der Waals surface area contributed by atoms with Gasteiger partial charge in [0.15, 0.2) is 0 Å². The van der Waals surface area contributed by atoms with Crippen molar-refractivity contribution in [1.82, 2.24) is 4.98 Å². The molecule has 0 fully saturated rings. The molecule has 0 amide bonds. The van der Waals surface area contributed by atoms with Gasteiger partial charge in [0.1, 0.15) is 0 Å². The second kappa shape index (κ2) is 7.07. The van der Waals surface area contributed by atoms with Gasteiger partial charge in [-0.2, -0.15) is 0 Å². The molecule has 0 aromatic carbocycles. The van der Waals surface area contributed by atoms with Crippen LogP contribution in [0.1, 0.15) is 26.3 Å². The smallest absolute Gasteiger partial charge is 0.0632 e. The standard InChI is InChI=1S/C11H13N.C2H6/c1-4-6-11-9(3)12-8-7-10(11)5-2;1-2/h4,6-8H,1,3,5H2,2H3;1-2H3/b11-6+;. The first kappa shape index (κ1) is 12.6. The summed E-state index contributed by atoms with van der Waals surface area (Å²) >= 11 is 0. The van der Waals surface area contributed by atoms with Gasteiger partial charge in [-0.3, -0.25) is 4.98 Å². The molecule has 14 heavy (non-hydrogen) atoms. The molecule has 1 heterocycles. The Labute approximate surface area is 86.5 Å². The van der Waals surface area contributed by atoms with Crippen molar-refractivity contribution >= 4 is 12.7 Å². The van der Waals surface area contributed by atoms with Crippen LogP contribution in [0.15, 0.2) is 24.9 Å². The lowest BCUT2D eigenvalue weighted by Crippen LogP contribution is -2.29. The van der Waals surface area contributed by atoms with Crippen LogP contribution < -0.4 is 10.6 Å². The zero-order chi connectivity index (χ0) is 11.0. The van der Waals surface area contributed by atoms with E-state index in [4.69, 9.17) is 0 Å². The SMILES string of the molecule is C=C/C=c1/c(CC)ccnc1=C.CC. The van der Waals surface area contributed by atoms with Gasteiger partial charge in [0.05, 0.1) is 5.35 Å². The Hall–Kier alpha value is -1.37. The number of nitrogens with zero attached hydrogens (tertiary/aromatic N) is 1. The Morgan fingerprint density at radius 1 is 1.43 bits per heavy atom. The third-order valence-corrected chi connectivity index (χ3v) is 1.83. The number of aromatic nitrogens is 1. The predicted octanol–water partition coefficient (Wildman–Crippen LogP) is 2.05. The maximum absolute atomic E-state index is 4.12. The van der Waals surface area contributed by atoms with Crippen LogP contribution in [-0.2, 0) is 6.42 Å². The summed E-state index contributed by atoms with van der Waals surface area (Å²) in [5.41, 5.74) is 1.27. The summed E-state index contributed by atoms with van der Waals surface area (Å²) < 4.78 is 0. The molecule has 0 aliphatic rings. The predicted molar refractivity (Wildman–Crippen MR) is 64.4 cm³/mol. The number of aryl methyl sites for hydroxylation is 1. The molecule has 0 spiro atoms. The Bertz CT molecular complexity index is 377. The largest absolute Gasteiger partial charge is 0.257 e. The van der Waals surface area contributed by atoms with E-state index in [0.29, 0.717) is 0 Å². The first-order valence-electron chi connectivity index (χ1n) is 5.05. The van der Waals surface area contributed by atoms with E-state index in [1.54, 1.807) is 12.3 Å². The number of hydrogen-bond acceptors (Lipinski definition) is 1. The average Bonchev–Trinajstić information content (AvgIpc) is 2.24. The average molecular weight is 189 g/mol. The first-order valence-corrected chi connectivity index (χ1v) is 5.05. The highest BCUT2D eigenvalue weighted by atomic mass is 14.6. The minimum absolute atomic E-state index is 0.828. The number of rotatable bonds is 2. The molecule has 0 radical (unpaired) electrons. The van der Waals surface area contributed by atoms with Gasteiger partial charge >= 0.3 is 0 Å². The summed E-state index contributed by atoms with van der Waals surface area (Å²) in [6, 6.07) is 2.02. The van der Waals surface area contributed by atoms with Crippen molar-refractivity contribution < 1.29 is 0 Å². The summed E-state index contributed by atoms with van der Waals surface area (Å²) in [5.74, 6) is 0. The molecule has 0 saturated carbocycles. The normalized spacial score (nSPS) is 10.4. The minimum atomic E-state index is 0.828. The molecule has 0 saturated heterocycles. The van der Waals surface area contributed by atoms with Crippen molar-refractivity contribution in [2.24, 2.45) is 0 Å². The lowest BCUT2D eigenvalue weighted by molar-refractivity contribution is 1.08. The van der Waals surface area contributed by atoms with Crippen LogP contribution in [0.3, 0.4) is 0 Å². The van der Waals surface area contributed by atoms with Gasteiger partial charge in [-0.25, -0.2) is 0 Å². The first-order chi connectivity index (χ1) is 6.79. The topological polar surface area (TPSA) is 12.9 Å². The molecule has 0 N–H and O–H groups in total. The van der Waals surface area contributed by atoms with E-state index >= 15 is 0 Å². The molecule has 0 atom stereocenters. The molecule has 1 nitrogen and oxygen atoms in total. The summed E-state index contributed by atoms with van der Waals surface area (Å²) in [7, 11) is 0. The summed E-state index contributed by atoms with van der Waals surface area (Å²) in [6.45, 7) is 13.6.